The van der Waals surface area contributed by atoms with Crippen molar-refractivity contribution in [2.75, 3.05) is 7.05 Å². The van der Waals surface area contributed by atoms with Crippen molar-refractivity contribution < 1.29 is 8.42 Å². The van der Waals surface area contributed by atoms with Gasteiger partial charge in [0.1, 0.15) is 0 Å². The van der Waals surface area contributed by atoms with E-state index < -0.39 is 10.2 Å². The van der Waals surface area contributed by atoms with Crippen LogP contribution in [0.3, 0.4) is 0 Å². The van der Waals surface area contributed by atoms with Crippen LogP contribution in [0.1, 0.15) is 62.1 Å². The minimum absolute atomic E-state index is 0.0911. The lowest BCUT2D eigenvalue weighted by atomic mass is 9.96. The highest BCUT2D eigenvalue weighted by molar-refractivity contribution is 7.87. The van der Waals surface area contributed by atoms with Crippen LogP contribution in [0.25, 0.3) is 0 Å². The Balaban J connectivity index is 1.74. The van der Waals surface area contributed by atoms with Crippen molar-refractivity contribution in [2.24, 2.45) is 5.92 Å². The van der Waals surface area contributed by atoms with Crippen LogP contribution in [0.5, 0.6) is 0 Å². The molecule has 2 aliphatic carbocycles. The Morgan fingerprint density at radius 1 is 1.04 bits per heavy atom. The minimum atomic E-state index is -3.44. The quantitative estimate of drug-likeness (QED) is 0.864. The van der Waals surface area contributed by atoms with Crippen LogP contribution in [0.2, 0.25) is 0 Å². The maximum atomic E-state index is 12.8. The van der Waals surface area contributed by atoms with Gasteiger partial charge in [-0.25, -0.2) is 0 Å². The van der Waals surface area contributed by atoms with Crippen LogP contribution < -0.4 is 4.72 Å². The second kappa shape index (κ2) is 6.91. The molecule has 2 fully saturated rings. The molecule has 2 saturated carbocycles. The molecule has 1 atom stereocenters. The monoisotopic (exact) mass is 336 g/mol. The lowest BCUT2D eigenvalue weighted by Gasteiger charge is -2.32. The largest absolute Gasteiger partial charge is 0.280 e. The van der Waals surface area contributed by atoms with Gasteiger partial charge >= 0.3 is 0 Å². The highest BCUT2D eigenvalue weighted by Crippen LogP contribution is 2.41. The second-order valence-electron chi connectivity index (χ2n) is 7.16. The molecule has 1 aromatic rings. The van der Waals surface area contributed by atoms with Crippen molar-refractivity contribution in [3.05, 3.63) is 35.4 Å². The smallest absolute Gasteiger partial charge is 0.195 e. The van der Waals surface area contributed by atoms with Crippen molar-refractivity contribution in [1.82, 2.24) is 9.03 Å². The number of aryl methyl sites for hydroxylation is 1. The maximum absolute atomic E-state index is 12.8. The zero-order valence-electron chi connectivity index (χ0n) is 14.2. The highest BCUT2D eigenvalue weighted by atomic mass is 32.2. The molecule has 0 radical (unpaired) electrons. The summed E-state index contributed by atoms with van der Waals surface area (Å²) in [4.78, 5) is 0. The molecule has 0 unspecified atom stereocenters. The Kier molecular flexibility index (Phi) is 5.09. The highest BCUT2D eigenvalue weighted by Gasteiger charge is 2.37. The zero-order valence-corrected chi connectivity index (χ0v) is 15.0. The first-order valence-corrected chi connectivity index (χ1v) is 10.2. The molecular formula is C18H28N2O2S. The maximum Gasteiger partial charge on any atom is 0.280 e. The van der Waals surface area contributed by atoms with Crippen LogP contribution in [-0.2, 0) is 10.2 Å². The first kappa shape index (κ1) is 16.9. The van der Waals surface area contributed by atoms with Crippen molar-refractivity contribution in [1.29, 1.82) is 0 Å². The summed E-state index contributed by atoms with van der Waals surface area (Å²) in [6.07, 6.45) is 7.67. The lowest BCUT2D eigenvalue weighted by molar-refractivity contribution is 0.280. The van der Waals surface area contributed by atoms with Crippen molar-refractivity contribution in [3.8, 4) is 0 Å². The summed E-state index contributed by atoms with van der Waals surface area (Å²) in [5, 5.41) is 0. The summed E-state index contributed by atoms with van der Waals surface area (Å²) in [5.41, 5.74) is 2.28. The Labute approximate surface area is 140 Å². The summed E-state index contributed by atoms with van der Waals surface area (Å²) >= 11 is 0. The molecule has 4 nitrogen and oxygen atoms in total. The van der Waals surface area contributed by atoms with Gasteiger partial charge in [0.25, 0.3) is 10.2 Å². The van der Waals surface area contributed by atoms with Gasteiger partial charge in [0.05, 0.1) is 6.04 Å². The third-order valence-corrected chi connectivity index (χ3v) is 6.88. The van der Waals surface area contributed by atoms with Crippen LogP contribution in [0.15, 0.2) is 24.3 Å². The lowest BCUT2D eigenvalue weighted by Crippen LogP contribution is -2.46. The first-order valence-electron chi connectivity index (χ1n) is 8.79. The molecule has 0 bridgehead atoms. The van der Waals surface area contributed by atoms with Gasteiger partial charge < -0.3 is 0 Å². The van der Waals surface area contributed by atoms with Crippen LogP contribution in [-0.4, -0.2) is 25.8 Å². The molecule has 128 valence electrons. The molecule has 1 N–H and O–H groups in total. The van der Waals surface area contributed by atoms with Gasteiger partial charge in [-0.05, 0) is 44.1 Å². The number of nitrogens with zero attached hydrogens (tertiary/aromatic N) is 1. The summed E-state index contributed by atoms with van der Waals surface area (Å²) in [5.74, 6) is 0.437. The molecule has 5 heteroatoms. The second-order valence-corrected chi connectivity index (χ2v) is 8.92. The number of rotatable bonds is 6. The van der Waals surface area contributed by atoms with Gasteiger partial charge in [-0.2, -0.15) is 17.4 Å². The molecule has 0 amide bonds. The number of benzene rings is 1. The van der Waals surface area contributed by atoms with E-state index in [0.717, 1.165) is 44.1 Å². The van der Waals surface area contributed by atoms with E-state index in [2.05, 4.69) is 35.9 Å². The average molecular weight is 337 g/mol. The molecular weight excluding hydrogens is 308 g/mol. The fourth-order valence-corrected chi connectivity index (χ4v) is 4.94. The average Bonchev–Trinajstić information content (AvgIpc) is 3.38. The van der Waals surface area contributed by atoms with E-state index in [0.29, 0.717) is 5.92 Å². The van der Waals surface area contributed by atoms with E-state index >= 15 is 0 Å². The summed E-state index contributed by atoms with van der Waals surface area (Å²) in [6, 6.07) is 8.29. The van der Waals surface area contributed by atoms with Crippen molar-refractivity contribution in [2.45, 2.75) is 64.0 Å². The molecule has 0 heterocycles. The van der Waals surface area contributed by atoms with Crippen molar-refractivity contribution >= 4 is 10.2 Å². The first-order chi connectivity index (χ1) is 11.0. The Hall–Kier alpha value is -0.910. The predicted molar refractivity (Wildman–Crippen MR) is 93.3 cm³/mol. The van der Waals surface area contributed by atoms with Crippen LogP contribution in [0, 0.1) is 12.8 Å². The molecule has 1 aromatic carbocycles. The Morgan fingerprint density at radius 2 is 1.65 bits per heavy atom. The standard InChI is InChI=1S/C18H28N2O2S/c1-14-8-10-15(11-9-14)18(16-12-13-16)19-23(21,22)20(2)17-6-4-3-5-7-17/h8-11,16-19H,3-7,12-13H2,1-2H3/t18-/m0/s1. The van der Waals surface area contributed by atoms with Gasteiger partial charge in [0.15, 0.2) is 0 Å². The van der Waals surface area contributed by atoms with E-state index in [9.17, 15) is 8.42 Å². The SMILES string of the molecule is Cc1ccc([C@H](NS(=O)(=O)N(C)C2CCCCC2)C2CC2)cc1. The molecule has 0 saturated heterocycles. The van der Waals surface area contributed by atoms with Crippen LogP contribution in [0.4, 0.5) is 0 Å². The molecule has 0 aliphatic heterocycles. The van der Waals surface area contributed by atoms with E-state index in [-0.39, 0.29) is 12.1 Å². The van der Waals surface area contributed by atoms with Gasteiger partial charge in [0, 0.05) is 13.1 Å². The fraction of sp³-hybridized carbons (Fsp3) is 0.667. The van der Waals surface area contributed by atoms with Crippen molar-refractivity contribution in [3.63, 3.8) is 0 Å². The van der Waals surface area contributed by atoms with Gasteiger partial charge in [-0.15, -0.1) is 0 Å². The summed E-state index contributed by atoms with van der Waals surface area (Å²) < 4.78 is 30.2. The van der Waals surface area contributed by atoms with Gasteiger partial charge in [-0.1, -0.05) is 49.1 Å². The fourth-order valence-electron chi connectivity index (χ4n) is 3.52. The Bertz CT molecular complexity index is 617. The molecule has 23 heavy (non-hydrogen) atoms. The number of hydrogen-bond donors (Lipinski definition) is 1. The van der Waals surface area contributed by atoms with E-state index in [1.807, 2.05) is 0 Å². The topological polar surface area (TPSA) is 49.4 Å². The molecule has 3 rings (SSSR count). The van der Waals surface area contributed by atoms with Crippen LogP contribution >= 0.6 is 0 Å². The number of hydrogen-bond acceptors (Lipinski definition) is 2. The molecule has 2 aliphatic rings. The molecule has 0 aromatic heterocycles. The normalized spacial score (nSPS) is 21.5. The third-order valence-electron chi connectivity index (χ3n) is 5.27. The van der Waals surface area contributed by atoms with Gasteiger partial charge in [0.2, 0.25) is 0 Å². The summed E-state index contributed by atoms with van der Waals surface area (Å²) in [7, 11) is -1.71. The Morgan fingerprint density at radius 3 is 2.22 bits per heavy atom. The number of nitrogens with one attached hydrogen (secondary N) is 1. The van der Waals surface area contributed by atoms with E-state index in [4.69, 9.17) is 0 Å². The van der Waals surface area contributed by atoms with E-state index in [1.165, 1.54) is 12.0 Å². The minimum Gasteiger partial charge on any atom is -0.195 e. The third kappa shape index (κ3) is 4.14. The van der Waals surface area contributed by atoms with Gasteiger partial charge in [-0.3, -0.25) is 0 Å². The van der Waals surface area contributed by atoms with E-state index in [1.54, 1.807) is 11.4 Å². The molecule has 0 spiro atoms. The zero-order chi connectivity index (χ0) is 16.4. The summed E-state index contributed by atoms with van der Waals surface area (Å²) in [6.45, 7) is 2.05. The predicted octanol–water partition coefficient (Wildman–Crippen LogP) is 3.55.